The molecule has 0 fully saturated rings. The van der Waals surface area contributed by atoms with Crippen molar-refractivity contribution >= 4 is 32.0 Å². The predicted molar refractivity (Wildman–Crippen MR) is 138 cm³/mol. The van der Waals surface area contributed by atoms with Gasteiger partial charge in [-0.25, -0.2) is 22.5 Å². The highest BCUT2D eigenvalue weighted by Gasteiger charge is 2.17. The Morgan fingerprint density at radius 1 is 1.00 bits per heavy atom. The molecule has 0 aliphatic heterocycles. The van der Waals surface area contributed by atoms with Crippen LogP contribution in [0, 0.1) is 5.82 Å². The number of aromatic nitrogens is 7. The molecular formula is C25H21FN8O2S. The Balaban J connectivity index is 1.43. The number of rotatable bonds is 6. The lowest BCUT2D eigenvalue weighted by Crippen LogP contribution is -2.21. The fourth-order valence-corrected chi connectivity index (χ4v) is 4.78. The lowest BCUT2D eigenvalue weighted by molar-refractivity contribution is 0.586. The first-order chi connectivity index (χ1) is 17.7. The van der Waals surface area contributed by atoms with Gasteiger partial charge < -0.3 is 4.98 Å². The van der Waals surface area contributed by atoms with Crippen molar-refractivity contribution in [3.63, 3.8) is 0 Å². The Bertz CT molecular complexity index is 1900. The van der Waals surface area contributed by atoms with Gasteiger partial charge in [-0.3, -0.25) is 14.8 Å². The van der Waals surface area contributed by atoms with Crippen LogP contribution in [0.1, 0.15) is 5.56 Å². The summed E-state index contributed by atoms with van der Waals surface area (Å²) in [7, 11) is -1.56. The summed E-state index contributed by atoms with van der Waals surface area (Å²) in [5.41, 5.74) is 6.32. The molecule has 5 aromatic heterocycles. The molecule has 5 heterocycles. The molecule has 10 nitrogen and oxygen atoms in total. The Kier molecular flexibility index (Phi) is 5.35. The molecule has 0 spiro atoms. The zero-order chi connectivity index (χ0) is 25.7. The van der Waals surface area contributed by atoms with Crippen molar-refractivity contribution in [3.8, 4) is 33.8 Å². The number of fused-ring (bicyclic) bond motifs is 2. The molecule has 0 saturated heterocycles. The normalized spacial score (nSPS) is 12.1. The number of nitrogens with zero attached hydrogens (tertiary/aromatic N) is 5. The third-order valence-electron chi connectivity index (χ3n) is 6.03. The van der Waals surface area contributed by atoms with E-state index in [0.29, 0.717) is 28.2 Å². The van der Waals surface area contributed by atoms with Crippen LogP contribution in [0.3, 0.4) is 0 Å². The quantitative estimate of drug-likeness (QED) is 0.309. The van der Waals surface area contributed by atoms with Crippen molar-refractivity contribution in [2.75, 3.05) is 6.26 Å². The highest BCUT2D eigenvalue weighted by molar-refractivity contribution is 7.88. The van der Waals surface area contributed by atoms with Gasteiger partial charge in [0.25, 0.3) is 0 Å². The summed E-state index contributed by atoms with van der Waals surface area (Å²) in [6.45, 7) is -0.0243. The summed E-state index contributed by atoms with van der Waals surface area (Å²) in [6.07, 6.45) is 8.17. The number of hydrogen-bond donors (Lipinski definition) is 3. The van der Waals surface area contributed by atoms with Gasteiger partial charge in [0.1, 0.15) is 11.5 Å². The maximum Gasteiger partial charge on any atom is 0.209 e. The monoisotopic (exact) mass is 516 g/mol. The van der Waals surface area contributed by atoms with Crippen molar-refractivity contribution in [1.29, 1.82) is 0 Å². The summed E-state index contributed by atoms with van der Waals surface area (Å²) in [5.74, 6) is -0.482. The average Bonchev–Trinajstić information content (AvgIpc) is 3.58. The van der Waals surface area contributed by atoms with Gasteiger partial charge in [0.15, 0.2) is 5.65 Å². The molecule has 1 aromatic carbocycles. The van der Waals surface area contributed by atoms with Gasteiger partial charge in [-0.2, -0.15) is 10.2 Å². The summed E-state index contributed by atoms with van der Waals surface area (Å²) >= 11 is 0. The Labute approximate surface area is 210 Å². The van der Waals surface area contributed by atoms with Crippen molar-refractivity contribution < 1.29 is 12.8 Å². The average molecular weight is 517 g/mol. The van der Waals surface area contributed by atoms with Crippen LogP contribution in [0.4, 0.5) is 4.39 Å². The minimum atomic E-state index is -3.42. The van der Waals surface area contributed by atoms with Gasteiger partial charge in [0, 0.05) is 65.2 Å². The van der Waals surface area contributed by atoms with Gasteiger partial charge in [0.05, 0.1) is 23.8 Å². The molecule has 6 rings (SSSR count). The first-order valence-electron chi connectivity index (χ1n) is 11.3. The van der Waals surface area contributed by atoms with E-state index in [9.17, 15) is 12.8 Å². The van der Waals surface area contributed by atoms with E-state index in [1.54, 1.807) is 29.3 Å². The van der Waals surface area contributed by atoms with Crippen LogP contribution >= 0.6 is 0 Å². The largest absolute Gasteiger partial charge is 0.353 e. The number of aromatic amines is 2. The standard InChI is InChI=1S/C25H21FN8O2S/c1-34-13-17(12-29-34)16-8-20-24(32-33-25(20)28-11-16)22-9-19-21(31-22)3-4-27-23(19)15-5-14(6-18(26)7-15)10-30-37(2,35)36/h3-9,11-13,30-31H,10H2,1-2H3,(H,28,32,33). The van der Waals surface area contributed by atoms with E-state index >= 15 is 0 Å². The zero-order valence-electron chi connectivity index (χ0n) is 19.8. The van der Waals surface area contributed by atoms with Crippen molar-refractivity contribution in [2.24, 2.45) is 7.05 Å². The molecule has 0 bridgehead atoms. The van der Waals surface area contributed by atoms with Gasteiger partial charge in [-0.1, -0.05) is 0 Å². The molecule has 6 aromatic rings. The maximum atomic E-state index is 14.5. The van der Waals surface area contributed by atoms with E-state index < -0.39 is 15.8 Å². The summed E-state index contributed by atoms with van der Waals surface area (Å²) in [4.78, 5) is 12.4. The first-order valence-corrected chi connectivity index (χ1v) is 13.2. The summed E-state index contributed by atoms with van der Waals surface area (Å²) in [5, 5.41) is 13.3. The van der Waals surface area contributed by atoms with Gasteiger partial charge in [-0.15, -0.1) is 0 Å². The van der Waals surface area contributed by atoms with E-state index in [-0.39, 0.29) is 6.54 Å². The fraction of sp³-hybridized carbons (Fsp3) is 0.120. The van der Waals surface area contributed by atoms with Crippen LogP contribution < -0.4 is 4.72 Å². The van der Waals surface area contributed by atoms with E-state index in [1.807, 2.05) is 31.4 Å². The third-order valence-corrected chi connectivity index (χ3v) is 6.70. The Morgan fingerprint density at radius 3 is 2.65 bits per heavy atom. The van der Waals surface area contributed by atoms with Crippen LogP contribution in [0.5, 0.6) is 0 Å². The second-order valence-corrected chi connectivity index (χ2v) is 10.7. The fourth-order valence-electron chi connectivity index (χ4n) is 4.35. The highest BCUT2D eigenvalue weighted by Crippen LogP contribution is 2.34. The number of pyridine rings is 2. The first kappa shape index (κ1) is 23.0. The van der Waals surface area contributed by atoms with Crippen LogP contribution in [-0.4, -0.2) is 49.6 Å². The number of nitrogens with one attached hydrogen (secondary N) is 3. The number of halogens is 1. The second-order valence-electron chi connectivity index (χ2n) is 8.84. The number of aryl methyl sites for hydroxylation is 1. The molecule has 37 heavy (non-hydrogen) atoms. The predicted octanol–water partition coefficient (Wildman–Crippen LogP) is 3.76. The van der Waals surface area contributed by atoms with E-state index in [1.165, 1.54) is 12.1 Å². The summed E-state index contributed by atoms with van der Waals surface area (Å²) in [6, 6.07) is 10.2. The molecule has 186 valence electrons. The van der Waals surface area contributed by atoms with Crippen LogP contribution in [0.2, 0.25) is 0 Å². The molecule has 0 unspecified atom stereocenters. The lowest BCUT2D eigenvalue weighted by atomic mass is 10.0. The smallest absolute Gasteiger partial charge is 0.209 e. The minimum absolute atomic E-state index is 0.0243. The zero-order valence-corrected chi connectivity index (χ0v) is 20.6. The SMILES string of the molecule is Cn1cc(-c2cnc3[nH]nc(-c4cc5c(-c6cc(F)cc(CNS(C)(=O)=O)c6)nccc5[nH]4)c3c2)cn1. The van der Waals surface area contributed by atoms with Gasteiger partial charge in [-0.05, 0) is 42.0 Å². The maximum absolute atomic E-state index is 14.5. The molecule has 0 radical (unpaired) electrons. The number of H-pyrrole nitrogens is 2. The molecule has 0 aliphatic rings. The Morgan fingerprint density at radius 2 is 1.86 bits per heavy atom. The molecule has 3 N–H and O–H groups in total. The number of hydrogen-bond acceptors (Lipinski definition) is 6. The number of sulfonamides is 1. The topological polar surface area (TPSA) is 134 Å². The van der Waals surface area contributed by atoms with Crippen LogP contribution in [0.25, 0.3) is 55.7 Å². The van der Waals surface area contributed by atoms with E-state index in [4.69, 9.17) is 0 Å². The Hall–Kier alpha value is -4.42. The third kappa shape index (κ3) is 4.47. The van der Waals surface area contributed by atoms with Crippen molar-refractivity contribution in [1.82, 2.24) is 39.7 Å². The molecule has 0 aliphatic carbocycles. The van der Waals surface area contributed by atoms with Crippen molar-refractivity contribution in [3.05, 3.63) is 72.6 Å². The molecular weight excluding hydrogens is 495 g/mol. The molecule has 0 amide bonds. The van der Waals surface area contributed by atoms with E-state index in [0.717, 1.165) is 39.4 Å². The summed E-state index contributed by atoms with van der Waals surface area (Å²) < 4.78 is 41.6. The van der Waals surface area contributed by atoms with Crippen molar-refractivity contribution in [2.45, 2.75) is 6.54 Å². The van der Waals surface area contributed by atoms with Crippen LogP contribution in [-0.2, 0) is 23.6 Å². The van der Waals surface area contributed by atoms with Gasteiger partial charge >= 0.3 is 0 Å². The highest BCUT2D eigenvalue weighted by atomic mass is 32.2. The number of benzene rings is 1. The molecule has 0 saturated carbocycles. The van der Waals surface area contributed by atoms with Gasteiger partial charge in [0.2, 0.25) is 10.0 Å². The van der Waals surface area contributed by atoms with Crippen LogP contribution in [0.15, 0.2) is 61.2 Å². The minimum Gasteiger partial charge on any atom is -0.353 e. The lowest BCUT2D eigenvalue weighted by Gasteiger charge is -2.07. The van der Waals surface area contributed by atoms with E-state index in [2.05, 4.69) is 35.0 Å². The molecule has 12 heteroatoms. The second kappa shape index (κ2) is 8.61. The molecule has 0 atom stereocenters.